The molecular formula is C19H20N6O2. The van der Waals surface area contributed by atoms with Gasteiger partial charge >= 0.3 is 0 Å². The van der Waals surface area contributed by atoms with Crippen LogP contribution in [0.2, 0.25) is 0 Å². The molecule has 0 saturated carbocycles. The molecule has 0 radical (unpaired) electrons. The first-order valence-corrected chi connectivity index (χ1v) is 8.92. The van der Waals surface area contributed by atoms with Crippen molar-refractivity contribution in [3.05, 3.63) is 52.7 Å². The van der Waals surface area contributed by atoms with Crippen molar-refractivity contribution in [3.8, 4) is 11.1 Å². The topological polar surface area (TPSA) is 87.2 Å². The maximum atomic E-state index is 12.7. The highest BCUT2D eigenvalue weighted by Crippen LogP contribution is 2.28. The van der Waals surface area contributed by atoms with Crippen molar-refractivity contribution >= 4 is 16.8 Å². The van der Waals surface area contributed by atoms with Crippen molar-refractivity contribution in [1.82, 2.24) is 29.4 Å². The monoisotopic (exact) mass is 364 g/mol. The van der Waals surface area contributed by atoms with Gasteiger partial charge in [-0.25, -0.2) is 4.98 Å². The van der Waals surface area contributed by atoms with Gasteiger partial charge in [0.15, 0.2) is 16.8 Å². The molecule has 0 amide bonds. The van der Waals surface area contributed by atoms with Gasteiger partial charge in [0, 0.05) is 13.7 Å². The van der Waals surface area contributed by atoms with Crippen molar-refractivity contribution < 1.29 is 4.74 Å². The average Bonchev–Trinajstić information content (AvgIpc) is 3.07. The minimum atomic E-state index is -0.201. The van der Waals surface area contributed by atoms with E-state index in [2.05, 4.69) is 27.2 Å². The Hall–Kier alpha value is -3.13. The number of nitrogens with zero attached hydrogens (tertiary/aromatic N) is 6. The normalized spacial score (nSPS) is 11.5. The highest BCUT2D eigenvalue weighted by atomic mass is 16.5. The van der Waals surface area contributed by atoms with E-state index in [-0.39, 0.29) is 11.1 Å². The van der Waals surface area contributed by atoms with Gasteiger partial charge in [0.25, 0.3) is 5.56 Å². The molecule has 0 bridgehead atoms. The van der Waals surface area contributed by atoms with Crippen LogP contribution in [0.15, 0.2) is 41.5 Å². The second-order valence-corrected chi connectivity index (χ2v) is 6.33. The van der Waals surface area contributed by atoms with Crippen LogP contribution in [0.25, 0.3) is 27.9 Å². The second kappa shape index (κ2) is 7.24. The lowest BCUT2D eigenvalue weighted by Crippen LogP contribution is -2.23. The lowest BCUT2D eigenvalue weighted by molar-refractivity contribution is 0.181. The number of ether oxygens (including phenoxy) is 1. The van der Waals surface area contributed by atoms with E-state index in [1.165, 1.54) is 0 Å². The van der Waals surface area contributed by atoms with Crippen LogP contribution in [0, 0.1) is 0 Å². The first-order chi connectivity index (χ1) is 13.2. The Labute approximate surface area is 155 Å². The van der Waals surface area contributed by atoms with E-state index in [9.17, 15) is 4.79 Å². The standard InChI is InChI=1S/C19H20N6O2/c1-3-4-10-24-12-20-18-16(19(24)26)21-22-17-15(13-8-6-5-7-9-13)14(11-27-2)23-25(17)18/h5-9,12H,3-4,10-11H2,1-2H3. The van der Waals surface area contributed by atoms with Gasteiger partial charge in [-0.1, -0.05) is 43.7 Å². The Bertz CT molecular complexity index is 1150. The van der Waals surface area contributed by atoms with E-state index < -0.39 is 0 Å². The van der Waals surface area contributed by atoms with Crippen LogP contribution in [-0.2, 0) is 17.9 Å². The zero-order valence-corrected chi connectivity index (χ0v) is 15.3. The van der Waals surface area contributed by atoms with Gasteiger partial charge in [-0.2, -0.15) is 9.61 Å². The zero-order chi connectivity index (χ0) is 18.8. The fourth-order valence-corrected chi connectivity index (χ4v) is 3.13. The van der Waals surface area contributed by atoms with Crippen LogP contribution in [-0.4, -0.2) is 36.5 Å². The SMILES string of the molecule is CCCCn1cnc2c(nnc3c(-c4ccccc4)c(COC)nn32)c1=O. The summed E-state index contributed by atoms with van der Waals surface area (Å²) in [5, 5.41) is 13.1. The third kappa shape index (κ3) is 2.97. The van der Waals surface area contributed by atoms with Gasteiger partial charge in [0.2, 0.25) is 0 Å². The Morgan fingerprint density at radius 2 is 1.93 bits per heavy atom. The summed E-state index contributed by atoms with van der Waals surface area (Å²) < 4.78 is 8.47. The van der Waals surface area contributed by atoms with Gasteiger partial charge in [-0.3, -0.25) is 9.36 Å². The van der Waals surface area contributed by atoms with Crippen LogP contribution in [0.5, 0.6) is 0 Å². The Balaban J connectivity index is 1.98. The quantitative estimate of drug-likeness (QED) is 0.522. The van der Waals surface area contributed by atoms with Crippen molar-refractivity contribution in [2.75, 3.05) is 7.11 Å². The minimum Gasteiger partial charge on any atom is -0.378 e. The van der Waals surface area contributed by atoms with Crippen LogP contribution in [0.3, 0.4) is 0 Å². The fraction of sp³-hybridized carbons (Fsp3) is 0.316. The predicted octanol–water partition coefficient (Wildman–Crippen LogP) is 2.45. The van der Waals surface area contributed by atoms with Gasteiger partial charge < -0.3 is 4.74 Å². The molecule has 0 aliphatic rings. The molecule has 3 heterocycles. The third-order valence-electron chi connectivity index (χ3n) is 4.47. The molecule has 1 aromatic carbocycles. The molecule has 0 spiro atoms. The molecule has 8 nitrogen and oxygen atoms in total. The number of benzene rings is 1. The van der Waals surface area contributed by atoms with Crippen molar-refractivity contribution in [2.24, 2.45) is 0 Å². The smallest absolute Gasteiger partial charge is 0.283 e. The Morgan fingerprint density at radius 3 is 2.67 bits per heavy atom. The fourth-order valence-electron chi connectivity index (χ4n) is 3.13. The number of methoxy groups -OCH3 is 1. The predicted molar refractivity (Wildman–Crippen MR) is 101 cm³/mol. The van der Waals surface area contributed by atoms with E-state index in [4.69, 9.17) is 4.74 Å². The molecule has 27 heavy (non-hydrogen) atoms. The lowest BCUT2D eigenvalue weighted by Gasteiger charge is -2.05. The highest BCUT2D eigenvalue weighted by Gasteiger charge is 2.20. The van der Waals surface area contributed by atoms with E-state index in [1.54, 1.807) is 22.5 Å². The van der Waals surface area contributed by atoms with E-state index >= 15 is 0 Å². The lowest BCUT2D eigenvalue weighted by atomic mass is 10.1. The second-order valence-electron chi connectivity index (χ2n) is 6.33. The highest BCUT2D eigenvalue weighted by molar-refractivity contribution is 5.83. The van der Waals surface area contributed by atoms with Crippen molar-refractivity contribution in [2.45, 2.75) is 32.9 Å². The molecule has 0 fully saturated rings. The summed E-state index contributed by atoms with van der Waals surface area (Å²) in [6.07, 6.45) is 3.46. The number of unbranched alkanes of at least 4 members (excludes halogenated alkanes) is 1. The molecule has 0 N–H and O–H groups in total. The van der Waals surface area contributed by atoms with Gasteiger partial charge in [-0.05, 0) is 12.0 Å². The van der Waals surface area contributed by atoms with Crippen LogP contribution in [0.4, 0.5) is 0 Å². The summed E-state index contributed by atoms with van der Waals surface area (Å²) >= 11 is 0. The molecule has 4 rings (SSSR count). The molecule has 0 unspecified atom stereocenters. The number of rotatable bonds is 6. The maximum absolute atomic E-state index is 12.7. The molecule has 0 saturated heterocycles. The number of hydrogen-bond donors (Lipinski definition) is 0. The average molecular weight is 364 g/mol. The maximum Gasteiger partial charge on any atom is 0.283 e. The Kier molecular flexibility index (Phi) is 4.64. The summed E-state index contributed by atoms with van der Waals surface area (Å²) in [7, 11) is 1.62. The number of aryl methyl sites for hydroxylation is 1. The molecular weight excluding hydrogens is 344 g/mol. The summed E-state index contributed by atoms with van der Waals surface area (Å²) in [6.45, 7) is 3.01. The molecule has 0 aliphatic carbocycles. The Morgan fingerprint density at radius 1 is 1.11 bits per heavy atom. The number of hydrogen-bond acceptors (Lipinski definition) is 6. The van der Waals surface area contributed by atoms with Gasteiger partial charge in [-0.15, -0.1) is 10.2 Å². The molecule has 0 atom stereocenters. The van der Waals surface area contributed by atoms with Crippen molar-refractivity contribution in [1.29, 1.82) is 0 Å². The van der Waals surface area contributed by atoms with Gasteiger partial charge in [0.05, 0.1) is 17.9 Å². The van der Waals surface area contributed by atoms with E-state index in [1.807, 2.05) is 30.3 Å². The van der Waals surface area contributed by atoms with Crippen molar-refractivity contribution in [3.63, 3.8) is 0 Å². The van der Waals surface area contributed by atoms with E-state index in [0.717, 1.165) is 29.7 Å². The summed E-state index contributed by atoms with van der Waals surface area (Å²) in [5.41, 5.74) is 3.49. The molecule has 4 aromatic rings. The zero-order valence-electron chi connectivity index (χ0n) is 15.3. The minimum absolute atomic E-state index is 0.201. The van der Waals surface area contributed by atoms with E-state index in [0.29, 0.717) is 24.4 Å². The largest absolute Gasteiger partial charge is 0.378 e. The molecule has 138 valence electrons. The first kappa shape index (κ1) is 17.3. The van der Waals surface area contributed by atoms with Crippen LogP contribution in [0.1, 0.15) is 25.5 Å². The molecule has 8 heteroatoms. The summed E-state index contributed by atoms with van der Waals surface area (Å²) in [4.78, 5) is 17.2. The third-order valence-corrected chi connectivity index (χ3v) is 4.47. The molecule has 0 aliphatic heterocycles. The van der Waals surface area contributed by atoms with Crippen LogP contribution >= 0.6 is 0 Å². The molecule has 3 aromatic heterocycles. The first-order valence-electron chi connectivity index (χ1n) is 8.92. The number of aromatic nitrogens is 6. The van der Waals surface area contributed by atoms with Gasteiger partial charge in [0.1, 0.15) is 6.33 Å². The number of fused-ring (bicyclic) bond motifs is 3. The summed E-state index contributed by atoms with van der Waals surface area (Å²) in [6, 6.07) is 9.83. The summed E-state index contributed by atoms with van der Waals surface area (Å²) in [5.74, 6) is 0. The van der Waals surface area contributed by atoms with Crippen LogP contribution < -0.4 is 5.56 Å².